The van der Waals surface area contributed by atoms with Crippen molar-refractivity contribution >= 4 is 17.2 Å². The molecule has 0 aliphatic carbocycles. The largest absolute Gasteiger partial charge is 0.391 e. The number of hydrogen-bond acceptors (Lipinski definition) is 3. The summed E-state index contributed by atoms with van der Waals surface area (Å²) in [6.45, 7) is 0.413. The van der Waals surface area contributed by atoms with Crippen molar-refractivity contribution < 1.29 is 9.90 Å². The van der Waals surface area contributed by atoms with Crippen LogP contribution >= 0.6 is 11.3 Å². The van der Waals surface area contributed by atoms with Gasteiger partial charge >= 0.3 is 0 Å². The van der Waals surface area contributed by atoms with E-state index in [9.17, 15) is 9.90 Å². The van der Waals surface area contributed by atoms with E-state index in [0.717, 1.165) is 10.4 Å². The van der Waals surface area contributed by atoms with Crippen LogP contribution in [0.25, 0.3) is 0 Å². The van der Waals surface area contributed by atoms with Gasteiger partial charge in [0.15, 0.2) is 0 Å². The Morgan fingerprint density at radius 2 is 2.00 bits per heavy atom. The van der Waals surface area contributed by atoms with E-state index in [1.165, 1.54) is 0 Å². The lowest BCUT2D eigenvalue weighted by molar-refractivity contribution is -0.129. The van der Waals surface area contributed by atoms with Crippen molar-refractivity contribution in [2.45, 2.75) is 18.6 Å². The summed E-state index contributed by atoms with van der Waals surface area (Å²) in [5.74, 6) is 0.0229. The number of likely N-dealkylation sites (tertiary alicyclic amines) is 1. The Bertz CT molecular complexity index is 553. The van der Waals surface area contributed by atoms with Gasteiger partial charge in [0.1, 0.15) is 0 Å². The van der Waals surface area contributed by atoms with Gasteiger partial charge in [0, 0.05) is 11.4 Å². The summed E-state index contributed by atoms with van der Waals surface area (Å²) in [4.78, 5) is 15.0. The zero-order chi connectivity index (χ0) is 13.2. The summed E-state index contributed by atoms with van der Waals surface area (Å²) >= 11 is 1.64. The predicted octanol–water partition coefficient (Wildman–Crippen LogP) is 2.43. The highest BCUT2D eigenvalue weighted by atomic mass is 32.1. The Balaban J connectivity index is 2.00. The highest BCUT2D eigenvalue weighted by molar-refractivity contribution is 7.10. The molecule has 3 nitrogen and oxygen atoms in total. The van der Waals surface area contributed by atoms with Gasteiger partial charge in [-0.3, -0.25) is 4.79 Å². The van der Waals surface area contributed by atoms with Crippen LogP contribution in [0.3, 0.4) is 0 Å². The Morgan fingerprint density at radius 1 is 1.21 bits per heavy atom. The molecular formula is C15H15NO2S. The zero-order valence-electron chi connectivity index (χ0n) is 10.4. The summed E-state index contributed by atoms with van der Waals surface area (Å²) in [6, 6.07) is 13.9. The van der Waals surface area contributed by atoms with Crippen molar-refractivity contribution in [3.8, 4) is 0 Å². The lowest BCUT2D eigenvalue weighted by atomic mass is 10.0. The van der Waals surface area contributed by atoms with E-state index in [2.05, 4.69) is 0 Å². The van der Waals surface area contributed by atoms with Gasteiger partial charge in [-0.05, 0) is 17.0 Å². The van der Waals surface area contributed by atoms with E-state index < -0.39 is 6.10 Å². The molecule has 0 bridgehead atoms. The van der Waals surface area contributed by atoms with Gasteiger partial charge in [-0.2, -0.15) is 0 Å². The smallest absolute Gasteiger partial charge is 0.226 e. The number of amides is 1. The molecular weight excluding hydrogens is 258 g/mol. The van der Waals surface area contributed by atoms with Crippen molar-refractivity contribution in [1.82, 2.24) is 4.90 Å². The minimum atomic E-state index is -0.543. The molecule has 98 valence electrons. The summed E-state index contributed by atoms with van der Waals surface area (Å²) in [5, 5.41) is 11.7. The van der Waals surface area contributed by atoms with Gasteiger partial charge in [0.2, 0.25) is 5.91 Å². The van der Waals surface area contributed by atoms with Crippen molar-refractivity contribution in [2.75, 3.05) is 6.54 Å². The van der Waals surface area contributed by atoms with Crippen molar-refractivity contribution in [1.29, 1.82) is 0 Å². The Morgan fingerprint density at radius 3 is 2.58 bits per heavy atom. The molecule has 2 atom stereocenters. The van der Waals surface area contributed by atoms with Gasteiger partial charge in [-0.15, -0.1) is 11.3 Å². The molecule has 0 radical (unpaired) electrons. The fourth-order valence-corrected chi connectivity index (χ4v) is 3.41. The Hall–Kier alpha value is -1.65. The fraction of sp³-hybridized carbons (Fsp3) is 0.267. The summed E-state index contributed by atoms with van der Waals surface area (Å²) in [6.07, 6.45) is -0.312. The molecule has 1 aliphatic heterocycles. The van der Waals surface area contributed by atoms with Crippen LogP contribution in [0.2, 0.25) is 0 Å². The number of rotatable bonds is 3. The van der Waals surface area contributed by atoms with Crippen LogP contribution in [0.4, 0.5) is 0 Å². The minimum absolute atomic E-state index is 0.0229. The van der Waals surface area contributed by atoms with Crippen molar-refractivity contribution in [3.05, 3.63) is 58.3 Å². The molecule has 2 unspecified atom stereocenters. The summed E-state index contributed by atoms with van der Waals surface area (Å²) < 4.78 is 0. The van der Waals surface area contributed by atoms with Crippen LogP contribution in [0, 0.1) is 0 Å². The Labute approximate surface area is 116 Å². The number of aliphatic hydroxyl groups is 1. The first kappa shape index (κ1) is 12.4. The molecule has 1 amide bonds. The van der Waals surface area contributed by atoms with E-state index in [-0.39, 0.29) is 18.4 Å². The number of β-amino-alcohol motifs (C(OH)–C–C–N with tert-alkyl or cyclic N) is 1. The molecule has 19 heavy (non-hydrogen) atoms. The highest BCUT2D eigenvalue weighted by Crippen LogP contribution is 2.34. The lowest BCUT2D eigenvalue weighted by Crippen LogP contribution is -2.31. The van der Waals surface area contributed by atoms with Crippen LogP contribution in [0.1, 0.15) is 22.9 Å². The minimum Gasteiger partial charge on any atom is -0.391 e. The first-order valence-electron chi connectivity index (χ1n) is 6.31. The molecule has 2 heterocycles. The average molecular weight is 273 g/mol. The van der Waals surface area contributed by atoms with Crippen LogP contribution in [0.5, 0.6) is 0 Å². The number of nitrogens with zero attached hydrogens (tertiary/aromatic N) is 1. The molecule has 4 heteroatoms. The second-order valence-corrected chi connectivity index (χ2v) is 5.71. The SMILES string of the molecule is O=C1CC(O)CN1C(c1ccccc1)c1cccs1. The molecule has 1 saturated heterocycles. The van der Waals surface area contributed by atoms with Crippen LogP contribution in [-0.2, 0) is 4.79 Å². The molecule has 2 aromatic rings. The maximum atomic E-state index is 12.1. The molecule has 3 rings (SSSR count). The normalized spacial score (nSPS) is 20.8. The van der Waals surface area contributed by atoms with Crippen LogP contribution in [-0.4, -0.2) is 28.6 Å². The second-order valence-electron chi connectivity index (χ2n) is 4.73. The predicted molar refractivity (Wildman–Crippen MR) is 74.9 cm³/mol. The average Bonchev–Trinajstić information content (AvgIpc) is 3.03. The van der Waals surface area contributed by atoms with E-state index in [1.807, 2.05) is 47.8 Å². The molecule has 1 aromatic carbocycles. The van der Waals surface area contributed by atoms with Gasteiger partial charge in [0.25, 0.3) is 0 Å². The Kier molecular flexibility index (Phi) is 3.36. The number of thiophene rings is 1. The standard InChI is InChI=1S/C15H15NO2S/c17-12-9-14(18)16(10-12)15(13-7-4-8-19-13)11-5-2-1-3-6-11/h1-8,12,15,17H,9-10H2. The van der Waals surface area contributed by atoms with Crippen LogP contribution < -0.4 is 0 Å². The maximum absolute atomic E-state index is 12.1. The van der Waals surface area contributed by atoms with Crippen LogP contribution in [0.15, 0.2) is 47.8 Å². The highest BCUT2D eigenvalue weighted by Gasteiger charge is 2.35. The van der Waals surface area contributed by atoms with E-state index in [0.29, 0.717) is 6.54 Å². The molecule has 0 saturated carbocycles. The molecule has 1 fully saturated rings. The quantitative estimate of drug-likeness (QED) is 0.933. The number of hydrogen-bond donors (Lipinski definition) is 1. The van der Waals surface area contributed by atoms with E-state index in [4.69, 9.17) is 0 Å². The summed E-state index contributed by atoms with van der Waals surface area (Å²) in [5.41, 5.74) is 1.09. The molecule has 1 N–H and O–H groups in total. The van der Waals surface area contributed by atoms with Gasteiger partial charge in [-0.1, -0.05) is 36.4 Å². The van der Waals surface area contributed by atoms with Gasteiger partial charge in [0.05, 0.1) is 18.6 Å². The third kappa shape index (κ3) is 2.41. The third-order valence-electron chi connectivity index (χ3n) is 3.38. The molecule has 1 aromatic heterocycles. The maximum Gasteiger partial charge on any atom is 0.226 e. The van der Waals surface area contributed by atoms with Gasteiger partial charge in [-0.25, -0.2) is 0 Å². The van der Waals surface area contributed by atoms with E-state index >= 15 is 0 Å². The zero-order valence-corrected chi connectivity index (χ0v) is 11.2. The topological polar surface area (TPSA) is 40.5 Å². The monoisotopic (exact) mass is 273 g/mol. The summed E-state index contributed by atoms with van der Waals surface area (Å²) in [7, 11) is 0. The fourth-order valence-electron chi connectivity index (χ4n) is 2.54. The lowest BCUT2D eigenvalue weighted by Gasteiger charge is -2.27. The van der Waals surface area contributed by atoms with Crippen molar-refractivity contribution in [3.63, 3.8) is 0 Å². The second kappa shape index (κ2) is 5.15. The number of carbonyl (C=O) groups excluding carboxylic acids is 1. The number of carbonyl (C=O) groups is 1. The number of benzene rings is 1. The molecule has 1 aliphatic rings. The van der Waals surface area contributed by atoms with Crippen molar-refractivity contribution in [2.24, 2.45) is 0 Å². The third-order valence-corrected chi connectivity index (χ3v) is 4.30. The van der Waals surface area contributed by atoms with E-state index in [1.54, 1.807) is 16.2 Å². The first-order valence-corrected chi connectivity index (χ1v) is 7.19. The van der Waals surface area contributed by atoms with Gasteiger partial charge < -0.3 is 10.0 Å². The molecule has 0 spiro atoms. The first-order chi connectivity index (χ1) is 9.25. The number of aliphatic hydroxyl groups excluding tert-OH is 1.